The molecule has 4 rings (SSSR count). The molecule has 4 aromatic rings. The lowest BCUT2D eigenvalue weighted by atomic mass is 9.96. The number of carbonyl (C=O) groups is 2. The molecule has 0 radical (unpaired) electrons. The van der Waals surface area contributed by atoms with Crippen LogP contribution in [0.2, 0.25) is 0 Å². The minimum absolute atomic E-state index is 0.0537. The largest absolute Gasteiger partial charge is 0.490 e. The molecular weight excluding hydrogens is 816 g/mol. The van der Waals surface area contributed by atoms with Crippen LogP contribution in [-0.2, 0) is 9.47 Å². The fourth-order valence-electron chi connectivity index (χ4n) is 4.48. The van der Waals surface area contributed by atoms with E-state index < -0.39 is 24.1 Å². The molecule has 0 bridgehead atoms. The van der Waals surface area contributed by atoms with Crippen LogP contribution in [-0.4, -0.2) is 60.8 Å². The smallest absolute Gasteiger partial charge is 0.348 e. The first-order valence-electron chi connectivity index (χ1n) is 13.7. The maximum Gasteiger partial charge on any atom is 0.348 e. The Bertz CT molecular complexity index is 1630. The summed E-state index contributed by atoms with van der Waals surface area (Å²) in [4.78, 5) is 25.1. The molecule has 2 atom stereocenters. The number of aliphatic hydroxyl groups is 2. The SMILES string of the molecule is Cc1cc(-c2c(Br)c(C)c(OCC(O)COC(=O)c3cccs3)c(C)c2Br)c(Br)c(C)c1OCC(O)COC(=O)c1cccs1. The van der Waals surface area contributed by atoms with Crippen LogP contribution in [0.5, 0.6) is 11.5 Å². The molecule has 0 amide bonds. The first kappa shape index (κ1) is 35.6. The third-order valence-corrected chi connectivity index (χ3v) is 11.5. The summed E-state index contributed by atoms with van der Waals surface area (Å²) in [7, 11) is 0. The van der Waals surface area contributed by atoms with Crippen molar-refractivity contribution in [2.45, 2.75) is 39.9 Å². The Balaban J connectivity index is 1.45. The number of aryl methyl sites for hydroxylation is 1. The molecule has 0 fully saturated rings. The normalized spacial score (nSPS) is 12.5. The van der Waals surface area contributed by atoms with Crippen molar-refractivity contribution >= 4 is 82.4 Å². The van der Waals surface area contributed by atoms with Gasteiger partial charge in [-0.3, -0.25) is 0 Å². The van der Waals surface area contributed by atoms with Crippen molar-refractivity contribution < 1.29 is 38.7 Å². The number of carbonyl (C=O) groups excluding carboxylic acids is 2. The molecule has 13 heteroatoms. The van der Waals surface area contributed by atoms with E-state index in [0.717, 1.165) is 46.8 Å². The van der Waals surface area contributed by atoms with Crippen LogP contribution in [0.15, 0.2) is 54.5 Å². The lowest BCUT2D eigenvalue weighted by Crippen LogP contribution is -2.25. The summed E-state index contributed by atoms with van der Waals surface area (Å²) in [5.41, 5.74) is 5.14. The van der Waals surface area contributed by atoms with Gasteiger partial charge in [-0.05, 0) is 116 Å². The second kappa shape index (κ2) is 16.0. The molecule has 2 aromatic carbocycles. The molecule has 240 valence electrons. The predicted octanol–water partition coefficient (Wildman–Crippen LogP) is 8.19. The number of aliphatic hydroxyl groups excluding tert-OH is 2. The van der Waals surface area contributed by atoms with Crippen molar-refractivity contribution in [2.75, 3.05) is 26.4 Å². The van der Waals surface area contributed by atoms with Crippen molar-refractivity contribution in [3.8, 4) is 22.6 Å². The van der Waals surface area contributed by atoms with Gasteiger partial charge in [-0.15, -0.1) is 22.7 Å². The van der Waals surface area contributed by atoms with Gasteiger partial charge in [-0.25, -0.2) is 9.59 Å². The highest BCUT2D eigenvalue weighted by molar-refractivity contribution is 9.11. The highest BCUT2D eigenvalue weighted by Crippen LogP contribution is 2.48. The Morgan fingerprint density at radius 3 is 1.60 bits per heavy atom. The molecule has 2 aromatic heterocycles. The summed E-state index contributed by atoms with van der Waals surface area (Å²) in [6.45, 7) is 7.20. The van der Waals surface area contributed by atoms with Gasteiger partial charge < -0.3 is 29.2 Å². The molecular formula is C32H31Br3O8S2. The number of hydrogen-bond acceptors (Lipinski definition) is 10. The Kier molecular flexibility index (Phi) is 12.7. The number of benzene rings is 2. The Hall–Kier alpha value is -2.26. The van der Waals surface area contributed by atoms with Gasteiger partial charge in [-0.1, -0.05) is 12.1 Å². The van der Waals surface area contributed by atoms with E-state index >= 15 is 0 Å². The van der Waals surface area contributed by atoms with E-state index in [1.54, 1.807) is 35.0 Å². The molecule has 0 saturated heterocycles. The van der Waals surface area contributed by atoms with E-state index in [-0.39, 0.29) is 26.4 Å². The zero-order chi connectivity index (χ0) is 32.8. The maximum absolute atomic E-state index is 12.1. The number of hydrogen-bond donors (Lipinski definition) is 2. The molecule has 8 nitrogen and oxygen atoms in total. The third-order valence-electron chi connectivity index (χ3n) is 6.77. The van der Waals surface area contributed by atoms with Gasteiger partial charge >= 0.3 is 11.9 Å². The standard InChI is InChI=1S/C32H31Br3O8S2/c1-16-11-22(26(33)17(2)29(16)40-12-20(36)14-42-31(38)23-7-5-9-44-23)25-27(34)18(3)30(19(4)28(25)35)41-13-21(37)15-43-32(39)24-8-6-10-45-24/h5-11,20-21,36-37H,12-15H2,1-4H3. The van der Waals surface area contributed by atoms with Crippen molar-refractivity contribution in [1.29, 1.82) is 0 Å². The number of esters is 2. The molecule has 0 saturated carbocycles. The predicted molar refractivity (Wildman–Crippen MR) is 186 cm³/mol. The van der Waals surface area contributed by atoms with Crippen LogP contribution in [0.25, 0.3) is 11.1 Å². The molecule has 2 unspecified atom stereocenters. The molecule has 0 aliphatic carbocycles. The minimum atomic E-state index is -1.01. The van der Waals surface area contributed by atoms with Gasteiger partial charge in [0.1, 0.15) is 59.9 Å². The molecule has 2 heterocycles. The second-order valence-corrected chi connectivity index (χ2v) is 14.4. The topological polar surface area (TPSA) is 112 Å². The average molecular weight is 847 g/mol. The molecule has 0 aliphatic heterocycles. The highest BCUT2D eigenvalue weighted by Gasteiger charge is 2.24. The summed E-state index contributed by atoms with van der Waals surface area (Å²) < 4.78 is 24.8. The van der Waals surface area contributed by atoms with Crippen molar-refractivity contribution in [3.63, 3.8) is 0 Å². The van der Waals surface area contributed by atoms with Crippen LogP contribution < -0.4 is 9.47 Å². The second-order valence-electron chi connectivity index (χ2n) is 10.2. The van der Waals surface area contributed by atoms with Gasteiger partial charge in [0.2, 0.25) is 0 Å². The average Bonchev–Trinajstić information content (AvgIpc) is 3.76. The van der Waals surface area contributed by atoms with E-state index in [0.29, 0.717) is 21.3 Å². The summed E-state index contributed by atoms with van der Waals surface area (Å²) >= 11 is 13.8. The first-order valence-corrected chi connectivity index (χ1v) is 17.9. The van der Waals surface area contributed by atoms with Gasteiger partial charge in [0, 0.05) is 35.7 Å². The maximum atomic E-state index is 12.1. The number of halogens is 3. The van der Waals surface area contributed by atoms with Crippen LogP contribution in [0.1, 0.15) is 41.6 Å². The van der Waals surface area contributed by atoms with Gasteiger partial charge in [0.25, 0.3) is 0 Å². The quantitative estimate of drug-likeness (QED) is 0.130. The van der Waals surface area contributed by atoms with Crippen LogP contribution in [0.3, 0.4) is 0 Å². The zero-order valence-electron chi connectivity index (χ0n) is 24.8. The van der Waals surface area contributed by atoms with E-state index in [2.05, 4.69) is 47.8 Å². The van der Waals surface area contributed by atoms with Crippen LogP contribution in [0.4, 0.5) is 0 Å². The molecule has 45 heavy (non-hydrogen) atoms. The Morgan fingerprint density at radius 2 is 1.16 bits per heavy atom. The summed E-state index contributed by atoms with van der Waals surface area (Å²) in [6.07, 6.45) is -2.01. The lowest BCUT2D eigenvalue weighted by Gasteiger charge is -2.23. The third kappa shape index (κ3) is 8.56. The van der Waals surface area contributed by atoms with E-state index in [9.17, 15) is 19.8 Å². The van der Waals surface area contributed by atoms with E-state index in [1.165, 1.54) is 22.7 Å². The lowest BCUT2D eigenvalue weighted by molar-refractivity contribution is 0.0129. The van der Waals surface area contributed by atoms with Crippen LogP contribution in [0, 0.1) is 27.7 Å². The number of rotatable bonds is 13. The number of ether oxygens (including phenoxy) is 4. The fraction of sp³-hybridized carbons (Fsp3) is 0.312. The van der Waals surface area contributed by atoms with Gasteiger partial charge in [0.05, 0.1) is 0 Å². The fourth-order valence-corrected chi connectivity index (χ4v) is 7.66. The molecule has 2 N–H and O–H groups in total. The number of thiophene rings is 2. The summed E-state index contributed by atoms with van der Waals surface area (Å²) in [6, 6.07) is 8.85. The highest BCUT2D eigenvalue weighted by atomic mass is 79.9. The van der Waals surface area contributed by atoms with Gasteiger partial charge in [-0.2, -0.15) is 0 Å². The summed E-state index contributed by atoms with van der Waals surface area (Å²) in [5.74, 6) is 0.252. The first-order chi connectivity index (χ1) is 21.4. The Morgan fingerprint density at radius 1 is 0.711 bits per heavy atom. The Labute approximate surface area is 294 Å². The monoisotopic (exact) mass is 844 g/mol. The van der Waals surface area contributed by atoms with Gasteiger partial charge in [0.15, 0.2) is 0 Å². The van der Waals surface area contributed by atoms with E-state index in [4.69, 9.17) is 18.9 Å². The summed E-state index contributed by atoms with van der Waals surface area (Å²) in [5, 5.41) is 24.4. The molecule has 0 spiro atoms. The van der Waals surface area contributed by atoms with E-state index in [1.807, 2.05) is 33.8 Å². The zero-order valence-corrected chi connectivity index (χ0v) is 31.2. The molecule has 0 aliphatic rings. The minimum Gasteiger partial charge on any atom is -0.490 e. The van der Waals surface area contributed by atoms with Crippen LogP contribution >= 0.6 is 70.5 Å². The van der Waals surface area contributed by atoms with Crippen molar-refractivity contribution in [2.24, 2.45) is 0 Å². The van der Waals surface area contributed by atoms with Crippen molar-refractivity contribution in [1.82, 2.24) is 0 Å². The van der Waals surface area contributed by atoms with Crippen molar-refractivity contribution in [3.05, 3.63) is 86.5 Å².